The van der Waals surface area contributed by atoms with E-state index in [0.29, 0.717) is 10.6 Å². The minimum absolute atomic E-state index is 0.0409. The zero-order valence-electron chi connectivity index (χ0n) is 12.4. The average Bonchev–Trinajstić information content (AvgIpc) is 2.77. The normalized spacial score (nSPS) is 10.9. The van der Waals surface area contributed by atoms with E-state index in [0.717, 1.165) is 35.9 Å². The molecule has 2 N–H and O–H groups in total. The predicted octanol–water partition coefficient (Wildman–Crippen LogP) is 4.05. The molecule has 1 aromatic carbocycles. The number of nitrogens with zero attached hydrogens (tertiary/aromatic N) is 1. The summed E-state index contributed by atoms with van der Waals surface area (Å²) in [5.74, 6) is 0.0409. The number of aryl methyl sites for hydroxylation is 1. The van der Waals surface area contributed by atoms with E-state index in [1.54, 1.807) is 4.90 Å². The first-order valence-corrected chi connectivity index (χ1v) is 7.91. The molecule has 3 nitrogen and oxygen atoms in total. The van der Waals surface area contributed by atoms with Gasteiger partial charge in [0.15, 0.2) is 0 Å². The standard InChI is InChI=1S/C16H22N2OS/c1-4-5-6-10-18(3)16(19)15-13(17)12-9-7-8-11(2)14(12)20-15/h7-9H,4-6,10,17H2,1-3H3. The molecule has 1 amide bonds. The third-order valence-corrected chi connectivity index (χ3v) is 4.93. The van der Waals surface area contributed by atoms with Gasteiger partial charge in [0.1, 0.15) is 4.88 Å². The summed E-state index contributed by atoms with van der Waals surface area (Å²) in [6.07, 6.45) is 3.35. The van der Waals surface area contributed by atoms with E-state index in [1.807, 2.05) is 19.2 Å². The van der Waals surface area contributed by atoms with E-state index in [-0.39, 0.29) is 5.91 Å². The Bertz CT molecular complexity index is 618. The molecule has 0 atom stereocenters. The lowest BCUT2D eigenvalue weighted by Crippen LogP contribution is -2.27. The first-order valence-electron chi connectivity index (χ1n) is 7.09. The van der Waals surface area contributed by atoms with Gasteiger partial charge in [0.2, 0.25) is 0 Å². The van der Waals surface area contributed by atoms with Crippen molar-refractivity contribution in [1.82, 2.24) is 4.90 Å². The monoisotopic (exact) mass is 290 g/mol. The van der Waals surface area contributed by atoms with Crippen LogP contribution in [0.4, 0.5) is 5.69 Å². The Morgan fingerprint density at radius 2 is 2.10 bits per heavy atom. The van der Waals surface area contributed by atoms with Crippen molar-refractivity contribution in [2.24, 2.45) is 0 Å². The number of nitrogen functional groups attached to an aromatic ring is 1. The molecule has 108 valence electrons. The molecule has 0 bridgehead atoms. The number of benzene rings is 1. The molecule has 0 spiro atoms. The fraction of sp³-hybridized carbons (Fsp3) is 0.438. The maximum absolute atomic E-state index is 12.5. The van der Waals surface area contributed by atoms with Gasteiger partial charge in [-0.25, -0.2) is 0 Å². The number of thiophene rings is 1. The van der Waals surface area contributed by atoms with E-state index >= 15 is 0 Å². The quantitative estimate of drug-likeness (QED) is 0.844. The zero-order chi connectivity index (χ0) is 14.7. The lowest BCUT2D eigenvalue weighted by atomic mass is 10.1. The van der Waals surface area contributed by atoms with Crippen LogP contribution in [-0.4, -0.2) is 24.4 Å². The van der Waals surface area contributed by atoms with Crippen LogP contribution in [-0.2, 0) is 0 Å². The molecule has 20 heavy (non-hydrogen) atoms. The van der Waals surface area contributed by atoms with Crippen molar-refractivity contribution < 1.29 is 4.79 Å². The topological polar surface area (TPSA) is 46.3 Å². The van der Waals surface area contributed by atoms with Crippen LogP contribution in [0, 0.1) is 6.92 Å². The van der Waals surface area contributed by atoms with Crippen LogP contribution in [0.1, 0.15) is 41.4 Å². The molecule has 0 saturated heterocycles. The third kappa shape index (κ3) is 2.80. The largest absolute Gasteiger partial charge is 0.397 e. The second-order valence-corrected chi connectivity index (χ2v) is 6.25. The SMILES string of the molecule is CCCCCN(C)C(=O)c1sc2c(C)cccc2c1N. The summed E-state index contributed by atoms with van der Waals surface area (Å²) in [5, 5.41) is 1.00. The molecule has 0 radical (unpaired) electrons. The summed E-state index contributed by atoms with van der Waals surface area (Å²) in [5.41, 5.74) is 7.96. The van der Waals surface area contributed by atoms with Gasteiger partial charge >= 0.3 is 0 Å². The summed E-state index contributed by atoms with van der Waals surface area (Å²) in [4.78, 5) is 15.0. The number of carbonyl (C=O) groups is 1. The summed E-state index contributed by atoms with van der Waals surface area (Å²) >= 11 is 1.51. The van der Waals surface area contributed by atoms with Gasteiger partial charge in [-0.3, -0.25) is 4.79 Å². The Labute approximate surface area is 124 Å². The van der Waals surface area contributed by atoms with Crippen molar-refractivity contribution >= 4 is 33.0 Å². The van der Waals surface area contributed by atoms with E-state index in [9.17, 15) is 4.79 Å². The highest BCUT2D eigenvalue weighted by Gasteiger charge is 2.19. The van der Waals surface area contributed by atoms with Crippen LogP contribution in [0.25, 0.3) is 10.1 Å². The van der Waals surface area contributed by atoms with Crippen LogP contribution in [0.15, 0.2) is 18.2 Å². The van der Waals surface area contributed by atoms with Gasteiger partial charge in [-0.2, -0.15) is 0 Å². The highest BCUT2D eigenvalue weighted by atomic mass is 32.1. The molecule has 0 aliphatic heterocycles. The van der Waals surface area contributed by atoms with Gasteiger partial charge in [-0.1, -0.05) is 38.0 Å². The summed E-state index contributed by atoms with van der Waals surface area (Å²) in [6, 6.07) is 6.03. The van der Waals surface area contributed by atoms with Crippen molar-refractivity contribution in [2.45, 2.75) is 33.1 Å². The molecule has 1 heterocycles. The van der Waals surface area contributed by atoms with Crippen LogP contribution in [0.5, 0.6) is 0 Å². The van der Waals surface area contributed by atoms with Gasteiger partial charge in [0.25, 0.3) is 5.91 Å². The van der Waals surface area contributed by atoms with Crippen LogP contribution >= 0.6 is 11.3 Å². The van der Waals surface area contributed by atoms with E-state index < -0.39 is 0 Å². The number of nitrogens with two attached hydrogens (primary N) is 1. The number of anilines is 1. The summed E-state index contributed by atoms with van der Waals surface area (Å²) in [7, 11) is 1.86. The average molecular weight is 290 g/mol. The van der Waals surface area contributed by atoms with Gasteiger partial charge in [-0.15, -0.1) is 11.3 Å². The number of carbonyl (C=O) groups excluding carboxylic acids is 1. The summed E-state index contributed by atoms with van der Waals surface area (Å²) < 4.78 is 1.12. The van der Waals surface area contributed by atoms with Crippen LogP contribution in [0.2, 0.25) is 0 Å². The molecule has 1 aromatic heterocycles. The number of fused-ring (bicyclic) bond motifs is 1. The van der Waals surface area contributed by atoms with E-state index in [1.165, 1.54) is 16.9 Å². The molecule has 0 aliphatic carbocycles. The molecule has 2 rings (SSSR count). The minimum Gasteiger partial charge on any atom is -0.397 e. The highest BCUT2D eigenvalue weighted by Crippen LogP contribution is 2.36. The Kier molecular flexibility index (Phi) is 4.65. The predicted molar refractivity (Wildman–Crippen MR) is 87.5 cm³/mol. The maximum Gasteiger partial charge on any atom is 0.265 e. The lowest BCUT2D eigenvalue weighted by Gasteiger charge is -2.16. The molecular weight excluding hydrogens is 268 g/mol. The molecule has 0 aliphatic rings. The van der Waals surface area contributed by atoms with Crippen molar-refractivity contribution in [2.75, 3.05) is 19.3 Å². The minimum atomic E-state index is 0.0409. The van der Waals surface area contributed by atoms with Crippen molar-refractivity contribution in [3.05, 3.63) is 28.6 Å². The molecule has 4 heteroatoms. The second-order valence-electron chi connectivity index (χ2n) is 5.23. The molecular formula is C16H22N2OS. The van der Waals surface area contributed by atoms with E-state index in [2.05, 4.69) is 19.9 Å². The Morgan fingerprint density at radius 3 is 2.75 bits per heavy atom. The highest BCUT2D eigenvalue weighted by molar-refractivity contribution is 7.21. The van der Waals surface area contributed by atoms with Gasteiger partial charge in [0.05, 0.1) is 5.69 Å². The first kappa shape index (κ1) is 14.9. The Balaban J connectivity index is 2.26. The molecule has 2 aromatic rings. The van der Waals surface area contributed by atoms with Gasteiger partial charge in [0, 0.05) is 23.7 Å². The lowest BCUT2D eigenvalue weighted by molar-refractivity contribution is 0.0798. The second kappa shape index (κ2) is 6.27. The number of hydrogen-bond acceptors (Lipinski definition) is 3. The molecule has 0 fully saturated rings. The summed E-state index contributed by atoms with van der Waals surface area (Å²) in [6.45, 7) is 5.01. The molecule has 0 saturated carbocycles. The van der Waals surface area contributed by atoms with Crippen LogP contribution < -0.4 is 5.73 Å². The fourth-order valence-electron chi connectivity index (χ4n) is 2.31. The smallest absolute Gasteiger partial charge is 0.265 e. The van der Waals surface area contributed by atoms with Crippen molar-refractivity contribution in [3.8, 4) is 0 Å². The van der Waals surface area contributed by atoms with Gasteiger partial charge < -0.3 is 10.6 Å². The molecule has 0 unspecified atom stereocenters. The Hall–Kier alpha value is -1.55. The zero-order valence-corrected chi connectivity index (χ0v) is 13.2. The number of hydrogen-bond donors (Lipinski definition) is 1. The number of rotatable bonds is 5. The van der Waals surface area contributed by atoms with Crippen LogP contribution in [0.3, 0.4) is 0 Å². The van der Waals surface area contributed by atoms with E-state index in [4.69, 9.17) is 5.73 Å². The number of unbranched alkanes of at least 4 members (excludes halogenated alkanes) is 2. The maximum atomic E-state index is 12.5. The van der Waals surface area contributed by atoms with Crippen molar-refractivity contribution in [3.63, 3.8) is 0 Å². The fourth-order valence-corrected chi connectivity index (χ4v) is 3.50. The van der Waals surface area contributed by atoms with Crippen molar-refractivity contribution in [1.29, 1.82) is 0 Å². The Morgan fingerprint density at radius 1 is 1.35 bits per heavy atom. The van der Waals surface area contributed by atoms with Gasteiger partial charge in [-0.05, 0) is 18.9 Å². The number of amides is 1. The third-order valence-electron chi connectivity index (χ3n) is 3.59. The first-order chi connectivity index (χ1) is 9.56.